The van der Waals surface area contributed by atoms with Crippen LogP contribution in [0.4, 0.5) is 11.6 Å². The predicted octanol–water partition coefficient (Wildman–Crippen LogP) is 2.67. The average molecular weight is 438 g/mol. The maximum Gasteiger partial charge on any atom is 0.264 e. The summed E-state index contributed by atoms with van der Waals surface area (Å²) in [5.41, 5.74) is 1.86. The zero-order valence-corrected chi connectivity index (χ0v) is 17.7. The summed E-state index contributed by atoms with van der Waals surface area (Å²) in [5.74, 6) is 1.08. The van der Waals surface area contributed by atoms with Crippen LogP contribution in [-0.4, -0.2) is 46.7 Å². The molecule has 0 bridgehead atoms. The smallest absolute Gasteiger partial charge is 0.264 e. The van der Waals surface area contributed by atoms with Gasteiger partial charge in [-0.25, -0.2) is 23.1 Å². The minimum atomic E-state index is -3.82. The van der Waals surface area contributed by atoms with Crippen LogP contribution < -0.4 is 10.0 Å². The second kappa shape index (κ2) is 8.93. The molecule has 0 spiro atoms. The first kappa shape index (κ1) is 20.6. The largest absolute Gasteiger partial charge is 0.325 e. The number of rotatable bonds is 6. The van der Waals surface area contributed by atoms with Crippen LogP contribution in [0.5, 0.6) is 0 Å². The van der Waals surface area contributed by atoms with E-state index in [-0.39, 0.29) is 22.5 Å². The van der Waals surface area contributed by atoms with Crippen molar-refractivity contribution in [2.45, 2.75) is 18.7 Å². The Bertz CT molecular complexity index is 987. The van der Waals surface area contributed by atoms with Gasteiger partial charge in [0, 0.05) is 22.8 Å². The molecule has 2 aromatic rings. The minimum absolute atomic E-state index is 0.0274. The summed E-state index contributed by atoms with van der Waals surface area (Å²) < 4.78 is 28.3. The number of benzene rings is 1. The van der Waals surface area contributed by atoms with Gasteiger partial charge in [-0.1, -0.05) is 23.5 Å². The van der Waals surface area contributed by atoms with Crippen LogP contribution in [0.3, 0.4) is 0 Å². The third kappa shape index (κ3) is 5.69. The van der Waals surface area contributed by atoms with Gasteiger partial charge in [-0.05, 0) is 44.2 Å². The SMILES string of the molecule is Cc1cc(C)nc(NS(=O)(=O)c2ccc(NC(=O)CSC3=NCCS3)cc2)n1. The summed E-state index contributed by atoms with van der Waals surface area (Å²) in [7, 11) is -3.82. The molecule has 28 heavy (non-hydrogen) atoms. The molecule has 0 saturated carbocycles. The van der Waals surface area contributed by atoms with Crippen LogP contribution in [0.15, 0.2) is 40.2 Å². The van der Waals surface area contributed by atoms with Crippen molar-refractivity contribution in [1.82, 2.24) is 9.97 Å². The fraction of sp³-hybridized carbons (Fsp3) is 0.294. The number of anilines is 2. The molecule has 0 atom stereocenters. The van der Waals surface area contributed by atoms with E-state index in [1.54, 1.807) is 43.8 Å². The molecule has 2 N–H and O–H groups in total. The molecule has 1 aliphatic rings. The Labute approximate surface area is 172 Å². The van der Waals surface area contributed by atoms with Crippen molar-refractivity contribution in [3.63, 3.8) is 0 Å². The minimum Gasteiger partial charge on any atom is -0.325 e. The Morgan fingerprint density at radius 2 is 1.86 bits per heavy atom. The number of thioether (sulfide) groups is 2. The van der Waals surface area contributed by atoms with Gasteiger partial charge in [0.25, 0.3) is 10.0 Å². The van der Waals surface area contributed by atoms with E-state index in [1.807, 2.05) is 0 Å². The van der Waals surface area contributed by atoms with E-state index >= 15 is 0 Å². The van der Waals surface area contributed by atoms with Crippen LogP contribution >= 0.6 is 23.5 Å². The van der Waals surface area contributed by atoms with Crippen LogP contribution in [0.1, 0.15) is 11.4 Å². The van der Waals surface area contributed by atoms with E-state index in [4.69, 9.17) is 0 Å². The van der Waals surface area contributed by atoms with E-state index in [2.05, 4.69) is 25.0 Å². The van der Waals surface area contributed by atoms with Crippen LogP contribution in [0, 0.1) is 13.8 Å². The van der Waals surface area contributed by atoms with Gasteiger partial charge in [0.2, 0.25) is 11.9 Å². The molecule has 1 aliphatic heterocycles. The van der Waals surface area contributed by atoms with Crippen molar-refractivity contribution in [2.75, 3.05) is 28.1 Å². The molecule has 11 heteroatoms. The first-order valence-corrected chi connectivity index (χ1v) is 11.8. The van der Waals surface area contributed by atoms with Crippen molar-refractivity contribution in [1.29, 1.82) is 0 Å². The van der Waals surface area contributed by atoms with E-state index in [9.17, 15) is 13.2 Å². The van der Waals surface area contributed by atoms with Gasteiger partial charge in [-0.2, -0.15) is 0 Å². The van der Waals surface area contributed by atoms with E-state index < -0.39 is 10.0 Å². The fourth-order valence-electron chi connectivity index (χ4n) is 2.40. The Morgan fingerprint density at radius 1 is 1.18 bits per heavy atom. The highest BCUT2D eigenvalue weighted by atomic mass is 32.2. The summed E-state index contributed by atoms with van der Waals surface area (Å²) in [6.45, 7) is 4.33. The lowest BCUT2D eigenvalue weighted by Crippen LogP contribution is -2.17. The van der Waals surface area contributed by atoms with Crippen LogP contribution in [0.2, 0.25) is 0 Å². The molecule has 0 radical (unpaired) electrons. The molecule has 0 unspecified atom stereocenters. The zero-order chi connectivity index (χ0) is 20.1. The molecule has 1 aromatic carbocycles. The van der Waals surface area contributed by atoms with Crippen LogP contribution in [0.25, 0.3) is 0 Å². The van der Waals surface area contributed by atoms with Gasteiger partial charge in [0.15, 0.2) is 0 Å². The highest BCUT2D eigenvalue weighted by Crippen LogP contribution is 2.22. The second-order valence-corrected chi connectivity index (χ2v) is 9.93. The van der Waals surface area contributed by atoms with Crippen molar-refractivity contribution in [2.24, 2.45) is 4.99 Å². The maximum absolute atomic E-state index is 12.5. The topological polar surface area (TPSA) is 113 Å². The van der Waals surface area contributed by atoms with E-state index in [0.29, 0.717) is 17.1 Å². The molecule has 2 heterocycles. The molecule has 1 aromatic heterocycles. The Balaban J connectivity index is 1.61. The summed E-state index contributed by atoms with van der Waals surface area (Å²) in [4.78, 5) is 24.5. The number of sulfonamides is 1. The monoisotopic (exact) mass is 437 g/mol. The van der Waals surface area contributed by atoms with Gasteiger partial charge in [0.1, 0.15) is 4.38 Å². The first-order chi connectivity index (χ1) is 13.3. The first-order valence-electron chi connectivity index (χ1n) is 8.37. The summed E-state index contributed by atoms with van der Waals surface area (Å²) in [5, 5.41) is 2.75. The quantitative estimate of drug-likeness (QED) is 0.714. The van der Waals surface area contributed by atoms with Gasteiger partial charge in [0.05, 0.1) is 17.2 Å². The van der Waals surface area contributed by atoms with Gasteiger partial charge in [-0.15, -0.1) is 0 Å². The number of nitrogens with zero attached hydrogens (tertiary/aromatic N) is 3. The Hall–Kier alpha value is -2.11. The molecule has 0 saturated heterocycles. The van der Waals surface area contributed by atoms with Crippen molar-refractivity contribution >= 4 is 55.5 Å². The normalized spacial score (nSPS) is 13.9. The maximum atomic E-state index is 12.5. The summed E-state index contributed by atoms with van der Waals surface area (Å²) >= 11 is 3.05. The number of amides is 1. The standard InChI is InChI=1S/C17H19N5O3S3/c1-11-9-12(2)20-16(19-11)22-28(24,25)14-5-3-13(4-6-14)21-15(23)10-27-17-18-7-8-26-17/h3-6,9H,7-8,10H2,1-2H3,(H,21,23)(H,19,20,22). The number of carbonyl (C=O) groups excluding carboxylic acids is 1. The van der Waals surface area contributed by atoms with Gasteiger partial charge < -0.3 is 5.32 Å². The van der Waals surface area contributed by atoms with Crippen molar-refractivity contribution < 1.29 is 13.2 Å². The fourth-order valence-corrected chi connectivity index (χ4v) is 5.15. The summed E-state index contributed by atoms with van der Waals surface area (Å²) in [6, 6.07) is 7.68. The van der Waals surface area contributed by atoms with Crippen molar-refractivity contribution in [3.05, 3.63) is 41.7 Å². The van der Waals surface area contributed by atoms with E-state index in [1.165, 1.54) is 23.9 Å². The third-order valence-corrected chi connectivity index (χ3v) is 7.14. The lowest BCUT2D eigenvalue weighted by atomic mass is 10.3. The Kier molecular flexibility index (Phi) is 6.57. The number of aromatic nitrogens is 2. The number of aliphatic imine (C=N–C) groups is 1. The number of carbonyl (C=O) groups is 1. The molecule has 3 rings (SSSR count). The second-order valence-electron chi connectivity index (χ2n) is 5.94. The Morgan fingerprint density at radius 3 is 2.46 bits per heavy atom. The average Bonchev–Trinajstić information content (AvgIpc) is 3.13. The zero-order valence-electron chi connectivity index (χ0n) is 15.3. The number of aryl methyl sites for hydroxylation is 2. The predicted molar refractivity (Wildman–Crippen MR) is 115 cm³/mol. The van der Waals surface area contributed by atoms with E-state index in [0.717, 1.165) is 16.7 Å². The molecular formula is C17H19N5O3S3. The molecule has 0 aliphatic carbocycles. The van der Waals surface area contributed by atoms with Gasteiger partial charge >= 0.3 is 0 Å². The molecular weight excluding hydrogens is 418 g/mol. The number of hydrogen-bond acceptors (Lipinski definition) is 8. The highest BCUT2D eigenvalue weighted by Gasteiger charge is 2.16. The third-order valence-electron chi connectivity index (χ3n) is 3.54. The van der Waals surface area contributed by atoms with Crippen molar-refractivity contribution in [3.8, 4) is 0 Å². The molecule has 8 nitrogen and oxygen atoms in total. The lowest BCUT2D eigenvalue weighted by Gasteiger charge is -2.09. The molecule has 1 amide bonds. The molecule has 148 valence electrons. The summed E-state index contributed by atoms with van der Waals surface area (Å²) in [6.07, 6.45) is 0. The van der Waals surface area contributed by atoms with Gasteiger partial charge in [-0.3, -0.25) is 9.79 Å². The molecule has 0 fully saturated rings. The number of hydrogen-bond donors (Lipinski definition) is 2. The lowest BCUT2D eigenvalue weighted by molar-refractivity contribution is -0.113. The number of nitrogens with one attached hydrogen (secondary N) is 2. The van der Waals surface area contributed by atoms with Crippen LogP contribution in [-0.2, 0) is 14.8 Å². The highest BCUT2D eigenvalue weighted by molar-refractivity contribution is 8.39.